The third-order valence-corrected chi connectivity index (χ3v) is 7.02. The number of carbonyl (C=O) groups is 1. The fourth-order valence-corrected chi connectivity index (χ4v) is 5.26. The van der Waals surface area contributed by atoms with E-state index in [-0.39, 0.29) is 42.1 Å². The summed E-state index contributed by atoms with van der Waals surface area (Å²) in [6.45, 7) is 5.99. The van der Waals surface area contributed by atoms with Gasteiger partial charge in [0.05, 0.1) is 16.1 Å². The van der Waals surface area contributed by atoms with Crippen molar-refractivity contribution < 1.29 is 18.7 Å². The molecule has 1 aliphatic heterocycles. The predicted octanol–water partition coefficient (Wildman–Crippen LogP) is 5.47. The summed E-state index contributed by atoms with van der Waals surface area (Å²) in [6, 6.07) is 9.05. The number of piperidine rings is 1. The molecule has 186 valence electrons. The molecule has 0 amide bonds. The van der Waals surface area contributed by atoms with Crippen molar-refractivity contribution in [3.05, 3.63) is 70.0 Å². The highest BCUT2D eigenvalue weighted by Gasteiger charge is 2.48. The van der Waals surface area contributed by atoms with Crippen molar-refractivity contribution in [2.24, 2.45) is 5.41 Å². The maximum atomic E-state index is 14.8. The van der Waals surface area contributed by atoms with E-state index in [1.807, 2.05) is 20.8 Å². The highest BCUT2D eigenvalue weighted by molar-refractivity contribution is 6.30. The van der Waals surface area contributed by atoms with E-state index in [2.05, 4.69) is 25.4 Å². The van der Waals surface area contributed by atoms with Crippen LogP contribution >= 0.6 is 11.6 Å². The highest BCUT2D eigenvalue weighted by atomic mass is 35.5. The van der Waals surface area contributed by atoms with Crippen molar-refractivity contribution in [2.45, 2.75) is 58.7 Å². The Hall–Kier alpha value is -3.04. The summed E-state index contributed by atoms with van der Waals surface area (Å²) in [4.78, 5) is 19.0. The SMILES string of the molecule is Cc1cc(Nc2ccc(F)c(CC3(C(=O)O)C[C@@H](C)N(Cc4cccc(Cl)c4F)[C@H](C)C3)n2)n[nH]1. The first kappa shape index (κ1) is 25.1. The van der Waals surface area contributed by atoms with Gasteiger partial charge >= 0.3 is 5.97 Å². The van der Waals surface area contributed by atoms with Crippen LogP contribution in [0.15, 0.2) is 36.4 Å². The van der Waals surface area contributed by atoms with Crippen molar-refractivity contribution in [3.8, 4) is 0 Å². The lowest BCUT2D eigenvalue weighted by Gasteiger charge is -2.47. The van der Waals surface area contributed by atoms with Crippen LogP contribution in [-0.2, 0) is 17.8 Å². The summed E-state index contributed by atoms with van der Waals surface area (Å²) in [5.74, 6) is -1.11. The van der Waals surface area contributed by atoms with Gasteiger partial charge in [-0.2, -0.15) is 5.10 Å². The van der Waals surface area contributed by atoms with Gasteiger partial charge in [0, 0.05) is 42.4 Å². The smallest absolute Gasteiger partial charge is 0.310 e. The molecule has 0 saturated carbocycles. The molecule has 10 heteroatoms. The van der Waals surface area contributed by atoms with E-state index in [4.69, 9.17) is 11.6 Å². The second-order valence-corrected chi connectivity index (χ2v) is 9.85. The van der Waals surface area contributed by atoms with Gasteiger partial charge in [-0.05, 0) is 51.8 Å². The molecule has 0 unspecified atom stereocenters. The Morgan fingerprint density at radius 2 is 1.94 bits per heavy atom. The van der Waals surface area contributed by atoms with Gasteiger partial charge in [0.2, 0.25) is 0 Å². The van der Waals surface area contributed by atoms with E-state index in [1.165, 1.54) is 18.2 Å². The Balaban J connectivity index is 1.56. The van der Waals surface area contributed by atoms with Gasteiger partial charge in [-0.3, -0.25) is 14.8 Å². The number of carboxylic acid groups (broad SMARTS) is 1. The maximum Gasteiger partial charge on any atom is 0.310 e. The quantitative estimate of drug-likeness (QED) is 0.395. The van der Waals surface area contributed by atoms with E-state index in [9.17, 15) is 18.7 Å². The topological polar surface area (TPSA) is 94.1 Å². The molecule has 3 N–H and O–H groups in total. The minimum Gasteiger partial charge on any atom is -0.481 e. The number of hydrogen-bond acceptors (Lipinski definition) is 5. The second-order valence-electron chi connectivity index (χ2n) is 9.44. The molecule has 2 aromatic heterocycles. The van der Waals surface area contributed by atoms with Gasteiger partial charge in [0.15, 0.2) is 5.82 Å². The molecule has 0 bridgehead atoms. The van der Waals surface area contributed by atoms with Crippen LogP contribution in [0.3, 0.4) is 0 Å². The number of nitrogens with zero attached hydrogens (tertiary/aromatic N) is 3. The standard InChI is InChI=1S/C25H28ClF2N5O2/c1-14-9-22(32-31-14)30-21-8-7-19(27)20(29-21)12-25(24(34)35)10-15(2)33(16(3)11-25)13-17-5-4-6-18(26)23(17)28/h4-9,15-16H,10-13H2,1-3H3,(H,34,35)(H2,29,30,31,32)/t15-,16-/m1/s1. The predicted molar refractivity (Wildman–Crippen MR) is 130 cm³/mol. The molecule has 1 fully saturated rings. The summed E-state index contributed by atoms with van der Waals surface area (Å²) in [5.41, 5.74) is 0.182. The number of likely N-dealkylation sites (tertiary alicyclic amines) is 1. The zero-order valence-corrected chi connectivity index (χ0v) is 20.5. The number of hydrogen-bond donors (Lipinski definition) is 3. The molecule has 7 nitrogen and oxygen atoms in total. The molecular weight excluding hydrogens is 476 g/mol. The average molecular weight is 504 g/mol. The molecule has 0 radical (unpaired) electrons. The number of benzene rings is 1. The van der Waals surface area contributed by atoms with Crippen molar-refractivity contribution in [1.29, 1.82) is 0 Å². The normalized spacial score (nSPS) is 22.8. The van der Waals surface area contributed by atoms with Gasteiger partial charge in [0.25, 0.3) is 0 Å². The van der Waals surface area contributed by atoms with Crippen LogP contribution in [0.4, 0.5) is 20.4 Å². The van der Waals surface area contributed by atoms with E-state index < -0.39 is 23.0 Å². The first-order chi connectivity index (χ1) is 16.6. The van der Waals surface area contributed by atoms with Crippen molar-refractivity contribution in [2.75, 3.05) is 5.32 Å². The van der Waals surface area contributed by atoms with Crippen molar-refractivity contribution in [1.82, 2.24) is 20.1 Å². The lowest BCUT2D eigenvalue weighted by atomic mass is 9.69. The minimum atomic E-state index is -1.21. The number of H-pyrrole nitrogens is 1. The number of pyridine rings is 1. The monoisotopic (exact) mass is 503 g/mol. The molecule has 3 aromatic rings. The number of aromatic nitrogens is 3. The van der Waals surface area contributed by atoms with Crippen LogP contribution in [-0.4, -0.2) is 43.2 Å². The number of aryl methyl sites for hydroxylation is 1. The number of halogens is 3. The van der Waals surface area contributed by atoms with Gasteiger partial charge in [-0.1, -0.05) is 23.7 Å². The van der Waals surface area contributed by atoms with Crippen LogP contribution in [0.1, 0.15) is 43.6 Å². The largest absolute Gasteiger partial charge is 0.481 e. The Labute approximate surface area is 207 Å². The molecule has 3 heterocycles. The van der Waals surface area contributed by atoms with E-state index >= 15 is 0 Å². The minimum absolute atomic E-state index is 0.0553. The van der Waals surface area contributed by atoms with Gasteiger partial charge < -0.3 is 10.4 Å². The Bertz CT molecular complexity index is 1220. The van der Waals surface area contributed by atoms with E-state index in [0.717, 1.165) is 5.69 Å². The number of nitrogens with one attached hydrogen (secondary N) is 2. The van der Waals surface area contributed by atoms with Crippen LogP contribution in [0.5, 0.6) is 0 Å². The summed E-state index contributed by atoms with van der Waals surface area (Å²) < 4.78 is 29.3. The van der Waals surface area contributed by atoms with Crippen LogP contribution < -0.4 is 5.32 Å². The first-order valence-electron chi connectivity index (χ1n) is 11.4. The highest BCUT2D eigenvalue weighted by Crippen LogP contribution is 2.42. The van der Waals surface area contributed by atoms with Gasteiger partial charge in [-0.25, -0.2) is 13.8 Å². The molecule has 0 spiro atoms. The molecule has 1 aliphatic rings. The van der Waals surface area contributed by atoms with Crippen molar-refractivity contribution >= 4 is 29.2 Å². The molecular formula is C25H28ClF2N5O2. The number of aliphatic carboxylic acids is 1. The summed E-state index contributed by atoms with van der Waals surface area (Å²) in [6.07, 6.45) is 0.482. The maximum absolute atomic E-state index is 14.8. The molecule has 1 saturated heterocycles. The zero-order chi connectivity index (χ0) is 25.3. The van der Waals surface area contributed by atoms with Crippen LogP contribution in [0, 0.1) is 24.0 Å². The second kappa shape index (κ2) is 9.91. The van der Waals surface area contributed by atoms with Gasteiger partial charge in [0.1, 0.15) is 17.5 Å². The Kier molecular flexibility index (Phi) is 7.10. The third-order valence-electron chi connectivity index (χ3n) is 6.73. The summed E-state index contributed by atoms with van der Waals surface area (Å²) in [5, 5.41) is 20.2. The lowest BCUT2D eigenvalue weighted by molar-refractivity contribution is -0.155. The number of aromatic amines is 1. The van der Waals surface area contributed by atoms with E-state index in [1.54, 1.807) is 18.2 Å². The lowest BCUT2D eigenvalue weighted by Crippen LogP contribution is -2.54. The number of rotatable bonds is 7. The number of anilines is 2. The average Bonchev–Trinajstić information content (AvgIpc) is 3.20. The molecule has 35 heavy (non-hydrogen) atoms. The third kappa shape index (κ3) is 5.31. The number of carboxylic acids is 1. The Morgan fingerprint density at radius 1 is 1.23 bits per heavy atom. The molecule has 2 atom stereocenters. The fraction of sp³-hybridized carbons (Fsp3) is 0.400. The molecule has 4 rings (SSSR count). The van der Waals surface area contributed by atoms with Crippen LogP contribution in [0.2, 0.25) is 5.02 Å². The molecule has 1 aromatic carbocycles. The first-order valence-corrected chi connectivity index (χ1v) is 11.8. The summed E-state index contributed by atoms with van der Waals surface area (Å²) in [7, 11) is 0. The summed E-state index contributed by atoms with van der Waals surface area (Å²) >= 11 is 5.94. The molecule has 0 aliphatic carbocycles. The van der Waals surface area contributed by atoms with Gasteiger partial charge in [-0.15, -0.1) is 0 Å². The Morgan fingerprint density at radius 3 is 2.57 bits per heavy atom. The fourth-order valence-electron chi connectivity index (χ4n) is 5.07. The zero-order valence-electron chi connectivity index (χ0n) is 19.8. The van der Waals surface area contributed by atoms with E-state index in [0.29, 0.717) is 23.7 Å². The van der Waals surface area contributed by atoms with Crippen LogP contribution in [0.25, 0.3) is 0 Å². The van der Waals surface area contributed by atoms with Crippen molar-refractivity contribution in [3.63, 3.8) is 0 Å².